The van der Waals surface area contributed by atoms with Gasteiger partial charge >= 0.3 is 0 Å². The van der Waals surface area contributed by atoms with Gasteiger partial charge in [0.25, 0.3) is 5.56 Å². The topological polar surface area (TPSA) is 86.7 Å². The number of aromatic nitrogens is 5. The van der Waals surface area contributed by atoms with Crippen LogP contribution in [0.15, 0.2) is 77.9 Å². The van der Waals surface area contributed by atoms with Crippen LogP contribution in [0.3, 0.4) is 0 Å². The van der Waals surface area contributed by atoms with Crippen LogP contribution in [0.4, 0.5) is 5.69 Å². The first-order chi connectivity index (χ1) is 16.9. The van der Waals surface area contributed by atoms with Crippen LogP contribution in [-0.2, 0) is 17.8 Å². The van der Waals surface area contributed by atoms with Gasteiger partial charge in [0.1, 0.15) is 17.4 Å². The van der Waals surface area contributed by atoms with Crippen molar-refractivity contribution in [1.29, 1.82) is 0 Å². The molecule has 9 heteroatoms. The maximum absolute atomic E-state index is 13.6. The van der Waals surface area contributed by atoms with Crippen LogP contribution in [0.1, 0.15) is 18.2 Å². The van der Waals surface area contributed by atoms with Crippen LogP contribution in [0.25, 0.3) is 22.4 Å². The Labute approximate surface area is 206 Å². The number of aryl methyl sites for hydroxylation is 2. The summed E-state index contributed by atoms with van der Waals surface area (Å²) in [4.78, 5) is 26.4. The van der Waals surface area contributed by atoms with E-state index in [1.165, 1.54) is 10.2 Å². The lowest BCUT2D eigenvalue weighted by atomic mass is 10.1. The van der Waals surface area contributed by atoms with Crippen molar-refractivity contribution in [3.63, 3.8) is 0 Å². The number of nitrogens with one attached hydrogen (secondary N) is 1. The second-order valence-electron chi connectivity index (χ2n) is 8.17. The van der Waals surface area contributed by atoms with Crippen molar-refractivity contribution in [2.24, 2.45) is 0 Å². The zero-order valence-corrected chi connectivity index (χ0v) is 20.0. The van der Waals surface area contributed by atoms with Gasteiger partial charge in [-0.15, -0.1) is 0 Å². The van der Waals surface area contributed by atoms with Crippen molar-refractivity contribution in [2.45, 2.75) is 26.8 Å². The van der Waals surface area contributed by atoms with Crippen molar-refractivity contribution in [2.75, 3.05) is 5.32 Å². The molecule has 0 radical (unpaired) electrons. The number of hydrogen-bond acceptors (Lipinski definition) is 4. The van der Waals surface area contributed by atoms with Crippen molar-refractivity contribution in [3.05, 3.63) is 99.7 Å². The largest absolute Gasteiger partial charge is 0.324 e. The zero-order chi connectivity index (χ0) is 24.5. The molecule has 3 aromatic heterocycles. The molecule has 0 aliphatic rings. The Hall–Kier alpha value is -4.17. The fourth-order valence-electron chi connectivity index (χ4n) is 4.01. The summed E-state index contributed by atoms with van der Waals surface area (Å²) < 4.78 is 4.70. The molecule has 0 saturated carbocycles. The first-order valence-corrected chi connectivity index (χ1v) is 11.6. The Morgan fingerprint density at radius 2 is 1.69 bits per heavy atom. The number of anilines is 1. The number of benzene rings is 2. The van der Waals surface area contributed by atoms with Crippen LogP contribution in [-0.4, -0.2) is 30.0 Å². The molecule has 2 aromatic carbocycles. The molecule has 0 unspecified atom stereocenters. The van der Waals surface area contributed by atoms with E-state index in [1.807, 2.05) is 65.5 Å². The molecular formula is C26H23ClN6O2. The number of amides is 1. The van der Waals surface area contributed by atoms with Gasteiger partial charge in [0.15, 0.2) is 5.82 Å². The Kier molecular flexibility index (Phi) is 5.96. The summed E-state index contributed by atoms with van der Waals surface area (Å²) in [6.07, 6.45) is 4.60. The molecule has 0 saturated heterocycles. The molecule has 0 spiro atoms. The van der Waals surface area contributed by atoms with Gasteiger partial charge in [-0.3, -0.25) is 9.59 Å². The molecule has 0 bridgehead atoms. The van der Waals surface area contributed by atoms with Gasteiger partial charge in [-0.25, -0.2) is 9.36 Å². The number of carbonyl (C=O) groups is 1. The third-order valence-corrected chi connectivity index (χ3v) is 6.03. The van der Waals surface area contributed by atoms with E-state index in [0.29, 0.717) is 33.1 Å². The molecule has 5 aromatic rings. The number of nitrogens with zero attached hydrogens (tertiary/aromatic N) is 5. The van der Waals surface area contributed by atoms with E-state index in [-0.39, 0.29) is 12.5 Å². The minimum atomic E-state index is -0.397. The highest BCUT2D eigenvalue weighted by atomic mass is 35.5. The predicted molar refractivity (Wildman–Crippen MR) is 137 cm³/mol. The highest BCUT2D eigenvalue weighted by Crippen LogP contribution is 2.25. The molecule has 1 N–H and O–H groups in total. The van der Waals surface area contributed by atoms with Gasteiger partial charge in [-0.1, -0.05) is 30.7 Å². The number of fused-ring (bicyclic) bond motifs is 1. The second-order valence-corrected chi connectivity index (χ2v) is 8.61. The van der Waals surface area contributed by atoms with Crippen molar-refractivity contribution >= 4 is 34.1 Å². The number of halogens is 1. The van der Waals surface area contributed by atoms with Crippen LogP contribution >= 0.6 is 11.6 Å². The fourth-order valence-corrected chi connectivity index (χ4v) is 4.13. The standard InChI is InChI=1S/C26H23ClN6O2/c1-3-18-6-10-20(11-7-18)28-22(34)16-32-26(35)23-24(17(2)29-32)30-33(21-12-8-19(27)9-13-21)25(23)31-14-4-5-15-31/h4-15H,3,16H2,1-2H3,(H,28,34). The van der Waals surface area contributed by atoms with Crippen molar-refractivity contribution < 1.29 is 4.79 Å². The SMILES string of the molecule is CCc1ccc(NC(=O)Cn2nc(C)c3nn(-c4ccc(Cl)cc4)c(-n4cccc4)c3c2=O)cc1. The number of carbonyl (C=O) groups excluding carboxylic acids is 1. The Bertz CT molecular complexity index is 1570. The summed E-state index contributed by atoms with van der Waals surface area (Å²) in [5.74, 6) is 0.224. The third-order valence-electron chi connectivity index (χ3n) is 5.78. The van der Waals surface area contributed by atoms with Crippen molar-refractivity contribution in [3.8, 4) is 11.5 Å². The minimum absolute atomic E-state index is 0.220. The van der Waals surface area contributed by atoms with E-state index in [4.69, 9.17) is 16.7 Å². The molecule has 5 rings (SSSR count). The van der Waals surface area contributed by atoms with E-state index in [0.717, 1.165) is 12.1 Å². The first-order valence-electron chi connectivity index (χ1n) is 11.2. The van der Waals surface area contributed by atoms with E-state index in [2.05, 4.69) is 17.3 Å². The number of rotatable bonds is 6. The third kappa shape index (κ3) is 4.36. The quantitative estimate of drug-likeness (QED) is 0.382. The van der Waals surface area contributed by atoms with Crippen LogP contribution in [0, 0.1) is 6.92 Å². The molecule has 0 atom stereocenters. The predicted octanol–water partition coefficient (Wildman–Crippen LogP) is 4.54. The van der Waals surface area contributed by atoms with Gasteiger partial charge < -0.3 is 9.88 Å². The summed E-state index contributed by atoms with van der Waals surface area (Å²) in [6.45, 7) is 3.63. The van der Waals surface area contributed by atoms with E-state index in [1.54, 1.807) is 23.7 Å². The van der Waals surface area contributed by atoms with Crippen LogP contribution < -0.4 is 10.9 Å². The lowest BCUT2D eigenvalue weighted by Gasteiger charge is -2.10. The smallest absolute Gasteiger partial charge is 0.280 e. The number of hydrogen-bond donors (Lipinski definition) is 1. The second kappa shape index (κ2) is 9.23. The Morgan fingerprint density at radius 3 is 2.34 bits per heavy atom. The molecule has 8 nitrogen and oxygen atoms in total. The summed E-state index contributed by atoms with van der Waals surface area (Å²) in [5, 5.41) is 12.9. The van der Waals surface area contributed by atoms with E-state index < -0.39 is 5.56 Å². The molecule has 3 heterocycles. The molecule has 35 heavy (non-hydrogen) atoms. The van der Waals surface area contributed by atoms with Crippen molar-refractivity contribution in [1.82, 2.24) is 24.1 Å². The van der Waals surface area contributed by atoms with Gasteiger partial charge in [-0.2, -0.15) is 10.2 Å². The molecular weight excluding hydrogens is 464 g/mol. The monoisotopic (exact) mass is 486 g/mol. The lowest BCUT2D eigenvalue weighted by molar-refractivity contribution is -0.117. The van der Waals surface area contributed by atoms with E-state index in [9.17, 15) is 9.59 Å². The maximum atomic E-state index is 13.6. The fraction of sp³-hybridized carbons (Fsp3) is 0.154. The normalized spacial score (nSPS) is 11.2. The van der Waals surface area contributed by atoms with Gasteiger partial charge in [0.05, 0.1) is 11.4 Å². The zero-order valence-electron chi connectivity index (χ0n) is 19.3. The average molecular weight is 487 g/mol. The summed E-state index contributed by atoms with van der Waals surface area (Å²) >= 11 is 6.07. The van der Waals surface area contributed by atoms with Gasteiger partial charge in [-0.05, 0) is 67.4 Å². The molecule has 0 aliphatic heterocycles. The highest BCUT2D eigenvalue weighted by molar-refractivity contribution is 6.30. The molecule has 1 amide bonds. The molecule has 0 aliphatic carbocycles. The lowest BCUT2D eigenvalue weighted by Crippen LogP contribution is -2.30. The summed E-state index contributed by atoms with van der Waals surface area (Å²) in [6, 6.07) is 18.6. The molecule has 0 fully saturated rings. The Balaban J connectivity index is 1.58. The first kappa shape index (κ1) is 22.6. The highest BCUT2D eigenvalue weighted by Gasteiger charge is 2.22. The van der Waals surface area contributed by atoms with Crippen LogP contribution in [0.5, 0.6) is 0 Å². The van der Waals surface area contributed by atoms with Gasteiger partial charge in [0.2, 0.25) is 5.91 Å². The Morgan fingerprint density at radius 1 is 1.00 bits per heavy atom. The summed E-state index contributed by atoms with van der Waals surface area (Å²) in [7, 11) is 0. The van der Waals surface area contributed by atoms with E-state index >= 15 is 0 Å². The average Bonchev–Trinajstić information content (AvgIpc) is 3.52. The minimum Gasteiger partial charge on any atom is -0.324 e. The van der Waals surface area contributed by atoms with Crippen LogP contribution in [0.2, 0.25) is 5.02 Å². The maximum Gasteiger partial charge on any atom is 0.280 e. The molecule has 176 valence electrons. The summed E-state index contributed by atoms with van der Waals surface area (Å²) in [5.41, 5.74) is 3.21. The van der Waals surface area contributed by atoms with Gasteiger partial charge in [0, 0.05) is 23.1 Å².